The number of nitrogens with two attached hydrogens (primary N) is 1. The van der Waals surface area contributed by atoms with Crippen molar-refractivity contribution in [3.05, 3.63) is 108 Å². The number of aromatic nitrogens is 1. The van der Waals surface area contributed by atoms with Crippen molar-refractivity contribution in [1.29, 1.82) is 0 Å². The van der Waals surface area contributed by atoms with Crippen molar-refractivity contribution in [2.75, 3.05) is 10.0 Å². The molecule has 0 unspecified atom stereocenters. The van der Waals surface area contributed by atoms with E-state index in [0.29, 0.717) is 33.6 Å². The summed E-state index contributed by atoms with van der Waals surface area (Å²) < 4.78 is 68.2. The third kappa shape index (κ3) is 5.17. The first-order chi connectivity index (χ1) is 18.6. The van der Waals surface area contributed by atoms with E-state index in [1.54, 1.807) is 36.5 Å². The molecule has 0 fully saturated rings. The van der Waals surface area contributed by atoms with Crippen LogP contribution in [0.4, 0.5) is 24.5 Å². The molecule has 11 heteroatoms. The lowest BCUT2D eigenvalue weighted by Crippen LogP contribution is -2.47. The van der Waals surface area contributed by atoms with Gasteiger partial charge in [-0.3, -0.25) is 14.1 Å². The number of hydrogen-bond donors (Lipinski definition) is 2. The van der Waals surface area contributed by atoms with Crippen LogP contribution in [0.25, 0.3) is 11.1 Å². The van der Waals surface area contributed by atoms with Crippen molar-refractivity contribution in [2.24, 2.45) is 0 Å². The van der Waals surface area contributed by atoms with Crippen LogP contribution in [-0.4, -0.2) is 25.4 Å². The molecule has 0 saturated carbocycles. The van der Waals surface area contributed by atoms with Gasteiger partial charge in [0.15, 0.2) is 0 Å². The SMILES string of the molecule is Nc1cnccc1CNC(=O)[C@@H]1Cc2ccccc2N1S(=O)(=O)c1ccc(-c2cccc(C(F)(F)F)c2)cc1. The van der Waals surface area contributed by atoms with Crippen LogP contribution in [0.1, 0.15) is 16.7 Å². The normalized spacial score (nSPS) is 15.2. The summed E-state index contributed by atoms with van der Waals surface area (Å²) in [5, 5.41) is 2.77. The minimum absolute atomic E-state index is 0.0916. The maximum Gasteiger partial charge on any atom is 0.416 e. The molecule has 3 N–H and O–H groups in total. The fraction of sp³-hybridized carbons (Fsp3) is 0.143. The van der Waals surface area contributed by atoms with Crippen molar-refractivity contribution in [1.82, 2.24) is 10.3 Å². The summed E-state index contributed by atoms with van der Waals surface area (Å²) in [7, 11) is -4.21. The Hall–Kier alpha value is -4.38. The first-order valence-electron chi connectivity index (χ1n) is 11.9. The molecule has 3 aromatic carbocycles. The van der Waals surface area contributed by atoms with Crippen LogP contribution in [0.3, 0.4) is 0 Å². The van der Waals surface area contributed by atoms with Gasteiger partial charge in [-0.05, 0) is 58.7 Å². The highest BCUT2D eigenvalue weighted by atomic mass is 32.2. The van der Waals surface area contributed by atoms with E-state index in [1.165, 1.54) is 42.6 Å². The molecule has 0 bridgehead atoms. The predicted octanol–water partition coefficient (Wildman–Crippen LogP) is 4.79. The molecule has 1 aliphatic rings. The Kier molecular flexibility index (Phi) is 6.77. The summed E-state index contributed by atoms with van der Waals surface area (Å²) in [5.74, 6) is -0.494. The molecule has 7 nitrogen and oxygen atoms in total. The Balaban J connectivity index is 1.44. The number of rotatable bonds is 6. The Bertz CT molecular complexity index is 1640. The van der Waals surface area contributed by atoms with Gasteiger partial charge in [0.2, 0.25) is 5.91 Å². The molecule has 0 saturated heterocycles. The third-order valence-corrected chi connectivity index (χ3v) is 8.40. The zero-order valence-electron chi connectivity index (χ0n) is 20.4. The second-order valence-corrected chi connectivity index (χ2v) is 10.9. The van der Waals surface area contributed by atoms with Gasteiger partial charge in [0.05, 0.1) is 28.0 Å². The van der Waals surface area contributed by atoms with E-state index in [9.17, 15) is 26.4 Å². The van der Waals surface area contributed by atoms with Gasteiger partial charge in [0.1, 0.15) is 6.04 Å². The lowest BCUT2D eigenvalue weighted by atomic mass is 10.0. The number of carbonyl (C=O) groups is 1. The second-order valence-electron chi connectivity index (χ2n) is 9.04. The smallest absolute Gasteiger partial charge is 0.397 e. The minimum Gasteiger partial charge on any atom is -0.397 e. The number of sulfonamides is 1. The Morgan fingerprint density at radius 3 is 2.46 bits per heavy atom. The summed E-state index contributed by atoms with van der Waals surface area (Å²) in [6.45, 7) is 0.0968. The van der Waals surface area contributed by atoms with E-state index >= 15 is 0 Å². The fourth-order valence-electron chi connectivity index (χ4n) is 4.56. The van der Waals surface area contributed by atoms with Crippen LogP contribution in [0.2, 0.25) is 0 Å². The first kappa shape index (κ1) is 26.2. The van der Waals surface area contributed by atoms with Crippen molar-refractivity contribution < 1.29 is 26.4 Å². The number of nitrogens with zero attached hydrogens (tertiary/aromatic N) is 2. The number of nitrogens with one attached hydrogen (secondary N) is 1. The maximum absolute atomic E-state index is 13.8. The topological polar surface area (TPSA) is 105 Å². The highest BCUT2D eigenvalue weighted by Gasteiger charge is 2.42. The number of para-hydroxylation sites is 1. The summed E-state index contributed by atoms with van der Waals surface area (Å²) in [5.41, 5.74) is 7.97. The number of nitrogen functional groups attached to an aromatic ring is 1. The zero-order chi connectivity index (χ0) is 27.8. The molecule has 1 amide bonds. The van der Waals surface area contributed by atoms with Gasteiger partial charge in [-0.15, -0.1) is 0 Å². The molecule has 0 aliphatic carbocycles. The van der Waals surface area contributed by atoms with E-state index in [4.69, 9.17) is 5.73 Å². The molecule has 1 aromatic heterocycles. The van der Waals surface area contributed by atoms with Crippen LogP contribution >= 0.6 is 0 Å². The van der Waals surface area contributed by atoms with Crippen molar-refractivity contribution >= 4 is 27.3 Å². The number of hydrogen-bond acceptors (Lipinski definition) is 5. The van der Waals surface area contributed by atoms with Crippen molar-refractivity contribution in [3.63, 3.8) is 0 Å². The summed E-state index contributed by atoms with van der Waals surface area (Å²) >= 11 is 0. The first-order valence-corrected chi connectivity index (χ1v) is 13.4. The van der Waals surface area contributed by atoms with E-state index in [1.807, 2.05) is 0 Å². The summed E-state index contributed by atoms with van der Waals surface area (Å²) in [6.07, 6.45) is -1.31. The number of halogens is 3. The highest BCUT2D eigenvalue weighted by Crippen LogP contribution is 2.38. The maximum atomic E-state index is 13.8. The third-order valence-electron chi connectivity index (χ3n) is 6.56. The summed E-state index contributed by atoms with van der Waals surface area (Å²) in [6, 6.07) is 17.9. The molecule has 1 aliphatic heterocycles. The average molecular weight is 553 g/mol. The van der Waals surface area contributed by atoms with Gasteiger partial charge >= 0.3 is 6.18 Å². The standard InChI is InChI=1S/C28H23F3N4O3S/c29-28(30,31)22-6-3-5-19(14-22)18-8-10-23(11-9-18)39(37,38)35-25-7-2-1-4-20(25)15-26(35)27(36)34-16-21-12-13-33-17-24(21)32/h1-14,17,26H,15-16,32H2,(H,34,36)/t26-/m0/s1. The molecule has 0 spiro atoms. The molecule has 5 rings (SSSR count). The zero-order valence-corrected chi connectivity index (χ0v) is 21.2. The van der Waals surface area contributed by atoms with E-state index < -0.39 is 33.7 Å². The largest absolute Gasteiger partial charge is 0.416 e. The van der Waals surface area contributed by atoms with Crippen LogP contribution in [0, 0.1) is 0 Å². The van der Waals surface area contributed by atoms with Gasteiger partial charge in [-0.2, -0.15) is 13.2 Å². The lowest BCUT2D eigenvalue weighted by molar-refractivity contribution is -0.137. The molecule has 1 atom stereocenters. The van der Waals surface area contributed by atoms with Crippen molar-refractivity contribution in [3.8, 4) is 11.1 Å². The number of pyridine rings is 1. The number of fused-ring (bicyclic) bond motifs is 1. The molecule has 2 heterocycles. The number of benzene rings is 3. The highest BCUT2D eigenvalue weighted by molar-refractivity contribution is 7.93. The molecule has 4 aromatic rings. The lowest BCUT2D eigenvalue weighted by Gasteiger charge is -2.26. The van der Waals surface area contributed by atoms with Gasteiger partial charge in [0, 0.05) is 19.2 Å². The van der Waals surface area contributed by atoms with Crippen LogP contribution < -0.4 is 15.4 Å². The monoisotopic (exact) mass is 552 g/mol. The van der Waals surface area contributed by atoms with Crippen LogP contribution in [0.15, 0.2) is 96.2 Å². The molecular weight excluding hydrogens is 529 g/mol. The minimum atomic E-state index is -4.50. The Labute approximate surface area is 223 Å². The quantitative estimate of drug-likeness (QED) is 0.358. The van der Waals surface area contributed by atoms with E-state index in [2.05, 4.69) is 10.3 Å². The van der Waals surface area contributed by atoms with Crippen molar-refractivity contribution in [2.45, 2.75) is 30.1 Å². The fourth-order valence-corrected chi connectivity index (χ4v) is 6.21. The van der Waals surface area contributed by atoms with E-state index in [-0.39, 0.29) is 17.9 Å². The number of carbonyl (C=O) groups excluding carboxylic acids is 1. The molecular formula is C28H23F3N4O3S. The number of alkyl halides is 3. The molecule has 200 valence electrons. The van der Waals surface area contributed by atoms with Gasteiger partial charge in [0.25, 0.3) is 10.0 Å². The number of amides is 1. The van der Waals surface area contributed by atoms with Gasteiger partial charge < -0.3 is 11.1 Å². The molecule has 39 heavy (non-hydrogen) atoms. The van der Waals surface area contributed by atoms with Gasteiger partial charge in [-0.1, -0.05) is 42.5 Å². The Morgan fingerprint density at radius 1 is 1.00 bits per heavy atom. The van der Waals surface area contributed by atoms with Gasteiger partial charge in [-0.25, -0.2) is 8.42 Å². The second kappa shape index (κ2) is 10.1. The molecule has 0 radical (unpaired) electrons. The summed E-state index contributed by atoms with van der Waals surface area (Å²) in [4.78, 5) is 17.1. The predicted molar refractivity (Wildman–Crippen MR) is 141 cm³/mol. The average Bonchev–Trinajstić information content (AvgIpc) is 3.33. The van der Waals surface area contributed by atoms with Crippen LogP contribution in [0.5, 0.6) is 0 Å². The number of anilines is 2. The van der Waals surface area contributed by atoms with E-state index in [0.717, 1.165) is 16.4 Å². The Morgan fingerprint density at radius 2 is 1.74 bits per heavy atom. The van der Waals surface area contributed by atoms with Crippen LogP contribution in [-0.2, 0) is 34.0 Å².